The van der Waals surface area contributed by atoms with Gasteiger partial charge in [0.15, 0.2) is 0 Å². The zero-order valence-corrected chi connectivity index (χ0v) is 21.3. The quantitative estimate of drug-likeness (QED) is 0.512. The van der Waals surface area contributed by atoms with Gasteiger partial charge in [-0.05, 0) is 78.9 Å². The third-order valence-electron chi connectivity index (χ3n) is 5.03. The average molecular weight is 576 g/mol. The van der Waals surface area contributed by atoms with Gasteiger partial charge in [-0.25, -0.2) is 8.42 Å². The van der Waals surface area contributed by atoms with E-state index in [1.165, 1.54) is 16.4 Å². The van der Waals surface area contributed by atoms with Crippen LogP contribution in [0.15, 0.2) is 47.4 Å². The highest BCUT2D eigenvalue weighted by molar-refractivity contribution is 14.1. The molecule has 1 heterocycles. The van der Waals surface area contributed by atoms with Crippen molar-refractivity contribution in [1.82, 2.24) is 4.31 Å². The summed E-state index contributed by atoms with van der Waals surface area (Å²) in [5.41, 5.74) is -0.187. The monoisotopic (exact) mass is 576 g/mol. The van der Waals surface area contributed by atoms with Crippen molar-refractivity contribution in [2.45, 2.75) is 30.4 Å². The van der Waals surface area contributed by atoms with Crippen molar-refractivity contribution in [1.29, 1.82) is 0 Å². The van der Waals surface area contributed by atoms with Crippen LogP contribution in [0.4, 0.5) is 5.69 Å². The molecule has 10 heteroatoms. The van der Waals surface area contributed by atoms with Crippen LogP contribution in [0.25, 0.3) is 0 Å². The van der Waals surface area contributed by atoms with E-state index in [0.29, 0.717) is 35.1 Å². The number of ether oxygens (including phenoxy) is 1. The minimum Gasteiger partial charge on any atom is -0.496 e. The number of amides is 1. The summed E-state index contributed by atoms with van der Waals surface area (Å²) < 4.78 is 33.8. The first kappa shape index (κ1) is 24.3. The molecule has 2 aromatic carbocycles. The molecule has 168 valence electrons. The Morgan fingerprint density at radius 2 is 1.94 bits per heavy atom. The zero-order valence-electron chi connectivity index (χ0n) is 17.5. The molecule has 0 bridgehead atoms. The number of aliphatic hydroxyl groups is 1. The highest BCUT2D eigenvalue weighted by atomic mass is 127. The molecule has 1 unspecified atom stereocenters. The van der Waals surface area contributed by atoms with E-state index in [-0.39, 0.29) is 10.8 Å². The molecular formula is C21H25IN2O5S2. The van der Waals surface area contributed by atoms with Crippen LogP contribution >= 0.6 is 34.4 Å². The van der Waals surface area contributed by atoms with Gasteiger partial charge in [0, 0.05) is 29.3 Å². The van der Waals surface area contributed by atoms with Crippen LogP contribution in [-0.2, 0) is 10.0 Å². The number of anilines is 1. The number of sulfonamides is 1. The van der Waals surface area contributed by atoms with Gasteiger partial charge in [-0.3, -0.25) is 4.79 Å². The number of benzene rings is 2. The van der Waals surface area contributed by atoms with Crippen LogP contribution in [0, 0.1) is 3.57 Å². The molecule has 2 aromatic rings. The number of halogens is 1. The van der Waals surface area contributed by atoms with E-state index in [1.54, 1.807) is 63.1 Å². The molecule has 31 heavy (non-hydrogen) atoms. The summed E-state index contributed by atoms with van der Waals surface area (Å²) in [6, 6.07) is 10.7. The Balaban J connectivity index is 1.77. The van der Waals surface area contributed by atoms with E-state index < -0.39 is 21.7 Å². The number of carbonyl (C=O) groups excluding carboxylic acids is 1. The summed E-state index contributed by atoms with van der Waals surface area (Å²) in [6.45, 7) is 3.60. The number of rotatable bonds is 6. The maximum Gasteiger partial charge on any atom is 0.255 e. The molecule has 7 nitrogen and oxygen atoms in total. The van der Waals surface area contributed by atoms with Gasteiger partial charge in [0.2, 0.25) is 10.0 Å². The standard InChI is InChI=1S/C21H25IN2O5S2/c1-21(2,26)19-13-30-11-10-24(19)31(27,28)16-7-5-15(6-8-16)23-20(25)14-4-9-18(29-3)17(22)12-14/h4-9,12,19,26H,10-11,13H2,1-3H3,(H,23,25). The molecule has 1 aliphatic heterocycles. The van der Waals surface area contributed by atoms with E-state index in [4.69, 9.17) is 4.74 Å². The van der Waals surface area contributed by atoms with Crippen LogP contribution in [0.1, 0.15) is 24.2 Å². The molecule has 1 aliphatic rings. The van der Waals surface area contributed by atoms with Gasteiger partial charge in [-0.15, -0.1) is 0 Å². The number of hydrogen-bond acceptors (Lipinski definition) is 6. The van der Waals surface area contributed by atoms with E-state index in [0.717, 1.165) is 3.57 Å². The topological polar surface area (TPSA) is 95.9 Å². The molecule has 0 aliphatic carbocycles. The first-order chi connectivity index (χ1) is 14.5. The van der Waals surface area contributed by atoms with E-state index in [1.807, 2.05) is 0 Å². The van der Waals surface area contributed by atoms with Crippen molar-refractivity contribution >= 4 is 56.0 Å². The van der Waals surface area contributed by atoms with Crippen molar-refractivity contribution in [2.75, 3.05) is 30.5 Å². The van der Waals surface area contributed by atoms with Gasteiger partial charge in [0.05, 0.1) is 27.2 Å². The molecule has 0 aromatic heterocycles. The van der Waals surface area contributed by atoms with Gasteiger partial charge in [-0.2, -0.15) is 16.1 Å². The van der Waals surface area contributed by atoms with Crippen LogP contribution in [0.5, 0.6) is 5.75 Å². The second-order valence-corrected chi connectivity index (χ2v) is 11.9. The van der Waals surface area contributed by atoms with E-state index >= 15 is 0 Å². The lowest BCUT2D eigenvalue weighted by atomic mass is 10.0. The number of nitrogens with zero attached hydrogens (tertiary/aromatic N) is 1. The number of carbonyl (C=O) groups is 1. The summed E-state index contributed by atoms with van der Waals surface area (Å²) in [6.07, 6.45) is 0. The van der Waals surface area contributed by atoms with E-state index in [2.05, 4.69) is 27.9 Å². The molecule has 0 radical (unpaired) electrons. The number of methoxy groups -OCH3 is 1. The van der Waals surface area contributed by atoms with Crippen LogP contribution in [0.3, 0.4) is 0 Å². The number of hydrogen-bond donors (Lipinski definition) is 2. The van der Waals surface area contributed by atoms with Crippen LogP contribution in [0.2, 0.25) is 0 Å². The first-order valence-corrected chi connectivity index (χ1v) is 13.3. The fraction of sp³-hybridized carbons (Fsp3) is 0.381. The number of nitrogens with one attached hydrogen (secondary N) is 1. The largest absolute Gasteiger partial charge is 0.496 e. The van der Waals surface area contributed by atoms with Crippen molar-refractivity contribution in [3.63, 3.8) is 0 Å². The Morgan fingerprint density at radius 1 is 1.26 bits per heavy atom. The Kier molecular flexibility index (Phi) is 7.57. The minimum absolute atomic E-state index is 0.130. The lowest BCUT2D eigenvalue weighted by Gasteiger charge is -2.40. The zero-order chi connectivity index (χ0) is 22.8. The van der Waals surface area contributed by atoms with Gasteiger partial charge >= 0.3 is 0 Å². The fourth-order valence-corrected chi connectivity index (χ4v) is 7.29. The molecule has 1 amide bonds. The normalized spacial score (nSPS) is 17.9. The molecule has 2 N–H and O–H groups in total. The third-order valence-corrected chi connectivity index (χ3v) is 8.82. The smallest absolute Gasteiger partial charge is 0.255 e. The fourth-order valence-electron chi connectivity index (χ4n) is 3.29. The predicted molar refractivity (Wildman–Crippen MR) is 131 cm³/mol. The lowest BCUT2D eigenvalue weighted by Crippen LogP contribution is -2.56. The van der Waals surface area contributed by atoms with Gasteiger partial charge in [0.25, 0.3) is 5.91 Å². The third kappa shape index (κ3) is 5.54. The molecule has 0 saturated carbocycles. The Hall–Kier alpha value is -1.34. The summed E-state index contributed by atoms with van der Waals surface area (Å²) in [4.78, 5) is 12.7. The molecule has 1 fully saturated rings. The number of thioether (sulfide) groups is 1. The van der Waals surface area contributed by atoms with Gasteiger partial charge in [-0.1, -0.05) is 0 Å². The second kappa shape index (κ2) is 9.65. The highest BCUT2D eigenvalue weighted by Crippen LogP contribution is 2.31. The highest BCUT2D eigenvalue weighted by Gasteiger charge is 2.41. The summed E-state index contributed by atoms with van der Waals surface area (Å²) in [7, 11) is -2.20. The van der Waals surface area contributed by atoms with Crippen molar-refractivity contribution in [3.05, 3.63) is 51.6 Å². The van der Waals surface area contributed by atoms with Crippen LogP contribution in [-0.4, -0.2) is 60.5 Å². The van der Waals surface area contributed by atoms with Crippen molar-refractivity contribution in [2.24, 2.45) is 0 Å². The first-order valence-electron chi connectivity index (χ1n) is 9.61. The maximum atomic E-state index is 13.2. The summed E-state index contributed by atoms with van der Waals surface area (Å²) in [5.74, 6) is 1.61. The van der Waals surface area contributed by atoms with Gasteiger partial charge in [0.1, 0.15) is 5.75 Å². The minimum atomic E-state index is -3.77. The van der Waals surface area contributed by atoms with Crippen molar-refractivity contribution < 1.29 is 23.1 Å². The average Bonchev–Trinajstić information content (AvgIpc) is 2.73. The summed E-state index contributed by atoms with van der Waals surface area (Å²) >= 11 is 3.73. The van der Waals surface area contributed by atoms with Crippen molar-refractivity contribution in [3.8, 4) is 5.75 Å². The SMILES string of the molecule is COc1ccc(C(=O)Nc2ccc(S(=O)(=O)N3CCSCC3C(C)(C)O)cc2)cc1I. The molecule has 3 rings (SSSR count). The van der Waals surface area contributed by atoms with E-state index in [9.17, 15) is 18.3 Å². The molecule has 0 spiro atoms. The van der Waals surface area contributed by atoms with Gasteiger partial charge < -0.3 is 15.2 Å². The Bertz CT molecular complexity index is 1050. The molecule has 1 saturated heterocycles. The Labute approximate surface area is 200 Å². The summed E-state index contributed by atoms with van der Waals surface area (Å²) in [5, 5.41) is 13.2. The lowest BCUT2D eigenvalue weighted by molar-refractivity contribution is 0.0183. The molecule has 1 atom stereocenters. The maximum absolute atomic E-state index is 13.2. The predicted octanol–water partition coefficient (Wildman–Crippen LogP) is 3.43. The Morgan fingerprint density at radius 3 is 2.52 bits per heavy atom. The molecular weight excluding hydrogens is 551 g/mol. The van der Waals surface area contributed by atoms with Crippen LogP contribution < -0.4 is 10.1 Å². The second-order valence-electron chi connectivity index (χ2n) is 7.69.